The molecule has 1 saturated heterocycles. The van der Waals surface area contributed by atoms with Gasteiger partial charge >= 0.3 is 0 Å². The van der Waals surface area contributed by atoms with E-state index >= 15 is 0 Å². The molecule has 0 aromatic heterocycles. The molecule has 2 fully saturated rings. The van der Waals surface area contributed by atoms with Crippen molar-refractivity contribution in [1.29, 1.82) is 0 Å². The Hall–Kier alpha value is -2.08. The van der Waals surface area contributed by atoms with E-state index in [0.717, 1.165) is 63.2 Å². The molecule has 1 heterocycles. The summed E-state index contributed by atoms with van der Waals surface area (Å²) in [5.41, 5.74) is 1.94. The molecule has 6 heteroatoms. The molecular formula is C21H32N4O2. The van der Waals surface area contributed by atoms with E-state index in [1.807, 2.05) is 48.2 Å². The molecule has 6 nitrogen and oxygen atoms in total. The van der Waals surface area contributed by atoms with Crippen molar-refractivity contribution in [2.75, 3.05) is 57.5 Å². The molecule has 1 aliphatic heterocycles. The Morgan fingerprint density at radius 1 is 0.926 bits per heavy atom. The zero-order chi connectivity index (χ0) is 19.4. The Kier molecular flexibility index (Phi) is 6.37. The summed E-state index contributed by atoms with van der Waals surface area (Å²) in [6, 6.07) is 7.88. The van der Waals surface area contributed by atoms with Crippen LogP contribution >= 0.6 is 0 Å². The Morgan fingerprint density at radius 2 is 1.48 bits per heavy atom. The number of amides is 2. The number of hydrogen-bond donors (Lipinski definition) is 1. The number of anilines is 2. The topological polar surface area (TPSA) is 55.9 Å². The van der Waals surface area contributed by atoms with Gasteiger partial charge in [-0.15, -0.1) is 0 Å². The molecule has 1 N–H and O–H groups in total. The van der Waals surface area contributed by atoms with Gasteiger partial charge in [-0.05, 0) is 57.0 Å². The number of carbonyl (C=O) groups excluding carboxylic acids is 2. The van der Waals surface area contributed by atoms with Crippen molar-refractivity contribution in [3.05, 3.63) is 24.3 Å². The van der Waals surface area contributed by atoms with Crippen LogP contribution in [0.15, 0.2) is 24.3 Å². The molecular weight excluding hydrogens is 340 g/mol. The van der Waals surface area contributed by atoms with Gasteiger partial charge in [0.2, 0.25) is 11.8 Å². The highest BCUT2D eigenvalue weighted by Gasteiger charge is 2.32. The van der Waals surface area contributed by atoms with Crippen molar-refractivity contribution in [2.45, 2.75) is 25.7 Å². The lowest BCUT2D eigenvalue weighted by molar-refractivity contribution is -0.139. The van der Waals surface area contributed by atoms with E-state index in [1.165, 1.54) is 0 Å². The molecule has 0 atom stereocenters. The fourth-order valence-corrected chi connectivity index (χ4v) is 3.97. The average Bonchev–Trinajstić information content (AvgIpc) is 2.68. The van der Waals surface area contributed by atoms with Crippen LogP contribution in [0.25, 0.3) is 0 Å². The normalized spacial score (nSPS) is 23.7. The third kappa shape index (κ3) is 5.01. The summed E-state index contributed by atoms with van der Waals surface area (Å²) >= 11 is 0. The van der Waals surface area contributed by atoms with E-state index < -0.39 is 0 Å². The zero-order valence-corrected chi connectivity index (χ0v) is 16.8. The first kappa shape index (κ1) is 19.7. The van der Waals surface area contributed by atoms with Crippen molar-refractivity contribution in [3.8, 4) is 0 Å². The highest BCUT2D eigenvalue weighted by atomic mass is 16.2. The van der Waals surface area contributed by atoms with E-state index in [1.54, 1.807) is 0 Å². The van der Waals surface area contributed by atoms with Crippen molar-refractivity contribution in [1.82, 2.24) is 9.80 Å². The summed E-state index contributed by atoms with van der Waals surface area (Å²) in [5, 5.41) is 3.03. The largest absolute Gasteiger partial charge is 0.378 e. The van der Waals surface area contributed by atoms with Gasteiger partial charge in [0.15, 0.2) is 0 Å². The molecule has 0 unspecified atom stereocenters. The maximum absolute atomic E-state index is 12.7. The van der Waals surface area contributed by atoms with E-state index in [-0.39, 0.29) is 17.7 Å². The Morgan fingerprint density at radius 3 is 2.04 bits per heavy atom. The van der Waals surface area contributed by atoms with Gasteiger partial charge in [-0.3, -0.25) is 9.59 Å². The molecule has 2 aliphatic rings. The number of carbonyl (C=O) groups is 2. The van der Waals surface area contributed by atoms with E-state index in [2.05, 4.69) is 17.3 Å². The van der Waals surface area contributed by atoms with Gasteiger partial charge in [-0.1, -0.05) is 0 Å². The van der Waals surface area contributed by atoms with Gasteiger partial charge in [0.25, 0.3) is 0 Å². The van der Waals surface area contributed by atoms with E-state index in [0.29, 0.717) is 5.91 Å². The van der Waals surface area contributed by atoms with E-state index in [4.69, 9.17) is 0 Å². The number of hydrogen-bond acceptors (Lipinski definition) is 4. The summed E-state index contributed by atoms with van der Waals surface area (Å²) in [6.45, 7) is 3.57. The highest BCUT2D eigenvalue weighted by Crippen LogP contribution is 2.31. The molecule has 27 heavy (non-hydrogen) atoms. The number of nitrogens with one attached hydrogen (secondary N) is 1. The standard InChI is InChI=1S/C21H32N4O2/c1-23(2)19-10-8-18(9-11-19)22-20(26)16-4-6-17(7-5-16)21(27)25-14-12-24(3)13-15-25/h8-11,16-17H,4-7,12-15H2,1-3H3,(H,22,26). The molecule has 0 radical (unpaired) electrons. The van der Waals surface area contributed by atoms with Gasteiger partial charge in [0.1, 0.15) is 0 Å². The van der Waals surface area contributed by atoms with Crippen LogP contribution in [-0.4, -0.2) is 68.9 Å². The minimum absolute atomic E-state index is 0.00932. The smallest absolute Gasteiger partial charge is 0.227 e. The molecule has 1 saturated carbocycles. The number of nitrogens with zero attached hydrogens (tertiary/aromatic N) is 3. The predicted octanol–water partition coefficient (Wildman–Crippen LogP) is 2.27. The lowest BCUT2D eigenvalue weighted by Gasteiger charge is -2.36. The molecule has 1 aliphatic carbocycles. The third-order valence-corrected chi connectivity index (χ3v) is 5.91. The maximum atomic E-state index is 12.7. The number of rotatable bonds is 4. The second-order valence-electron chi connectivity index (χ2n) is 8.11. The van der Waals surface area contributed by atoms with Gasteiger partial charge in [0, 0.05) is 63.5 Å². The Balaban J connectivity index is 1.47. The van der Waals surface area contributed by atoms with Crippen LogP contribution in [0.4, 0.5) is 11.4 Å². The maximum Gasteiger partial charge on any atom is 0.227 e. The summed E-state index contributed by atoms with van der Waals surface area (Å²) < 4.78 is 0. The number of benzene rings is 1. The van der Waals surface area contributed by atoms with Crippen LogP contribution in [0.5, 0.6) is 0 Å². The molecule has 1 aromatic rings. The summed E-state index contributed by atoms with van der Waals surface area (Å²) in [5.74, 6) is 0.478. The fourth-order valence-electron chi connectivity index (χ4n) is 3.97. The number of piperazine rings is 1. The minimum atomic E-state index is 0.00932. The van der Waals surface area contributed by atoms with Gasteiger partial charge in [-0.25, -0.2) is 0 Å². The van der Waals surface area contributed by atoms with Crippen LogP contribution in [0.3, 0.4) is 0 Å². The van der Waals surface area contributed by atoms with Gasteiger partial charge in [-0.2, -0.15) is 0 Å². The van der Waals surface area contributed by atoms with Crippen LogP contribution in [0.1, 0.15) is 25.7 Å². The van der Waals surface area contributed by atoms with Gasteiger partial charge < -0.3 is 20.0 Å². The quantitative estimate of drug-likeness (QED) is 0.881. The lowest BCUT2D eigenvalue weighted by Crippen LogP contribution is -2.49. The SMILES string of the molecule is CN1CCN(C(=O)C2CCC(C(=O)Nc3ccc(N(C)C)cc3)CC2)CC1. The van der Waals surface area contributed by atoms with Crippen LogP contribution < -0.4 is 10.2 Å². The van der Waals surface area contributed by atoms with Crippen molar-refractivity contribution in [3.63, 3.8) is 0 Å². The summed E-state index contributed by atoms with van der Waals surface area (Å²) in [4.78, 5) is 31.6. The van der Waals surface area contributed by atoms with Crippen LogP contribution in [-0.2, 0) is 9.59 Å². The van der Waals surface area contributed by atoms with Crippen LogP contribution in [0, 0.1) is 11.8 Å². The molecule has 148 valence electrons. The Bertz CT molecular complexity index is 643. The van der Waals surface area contributed by atoms with Crippen LogP contribution in [0.2, 0.25) is 0 Å². The molecule has 2 amide bonds. The van der Waals surface area contributed by atoms with Gasteiger partial charge in [0.05, 0.1) is 0 Å². The molecule has 0 spiro atoms. The third-order valence-electron chi connectivity index (χ3n) is 5.91. The molecule has 1 aromatic carbocycles. The highest BCUT2D eigenvalue weighted by molar-refractivity contribution is 5.93. The second-order valence-corrected chi connectivity index (χ2v) is 8.11. The fraction of sp³-hybridized carbons (Fsp3) is 0.619. The summed E-state index contributed by atoms with van der Waals surface area (Å²) in [6.07, 6.45) is 3.24. The van der Waals surface area contributed by atoms with Crippen molar-refractivity contribution < 1.29 is 9.59 Å². The Labute approximate surface area is 162 Å². The monoisotopic (exact) mass is 372 g/mol. The first-order chi connectivity index (χ1) is 12.9. The predicted molar refractivity (Wildman–Crippen MR) is 109 cm³/mol. The average molecular weight is 373 g/mol. The minimum Gasteiger partial charge on any atom is -0.378 e. The lowest BCUT2D eigenvalue weighted by atomic mass is 9.80. The first-order valence-corrected chi connectivity index (χ1v) is 9.99. The van der Waals surface area contributed by atoms with Crippen molar-refractivity contribution >= 4 is 23.2 Å². The van der Waals surface area contributed by atoms with Crippen molar-refractivity contribution in [2.24, 2.45) is 11.8 Å². The molecule has 3 rings (SSSR count). The van der Waals surface area contributed by atoms with E-state index in [9.17, 15) is 9.59 Å². The first-order valence-electron chi connectivity index (χ1n) is 9.99. The summed E-state index contributed by atoms with van der Waals surface area (Å²) in [7, 11) is 6.09. The zero-order valence-electron chi connectivity index (χ0n) is 16.8. The molecule has 0 bridgehead atoms. The number of likely N-dealkylation sites (N-methyl/N-ethyl adjacent to an activating group) is 1. The second kappa shape index (κ2) is 8.74.